The van der Waals surface area contributed by atoms with Crippen LogP contribution < -0.4 is 25.0 Å². The number of rotatable bonds is 15. The molecule has 0 spiro atoms. The van der Waals surface area contributed by atoms with Gasteiger partial charge in [-0.25, -0.2) is 4.57 Å². The van der Waals surface area contributed by atoms with Gasteiger partial charge in [-0.15, -0.1) is 0 Å². The lowest BCUT2D eigenvalue weighted by atomic mass is 10.1. The van der Waals surface area contributed by atoms with Gasteiger partial charge in [-0.3, -0.25) is 4.99 Å². The third-order valence-corrected chi connectivity index (χ3v) is 10.4. The fraction of sp³-hybridized carbons (Fsp3) is 0.316. The average Bonchev–Trinajstić information content (AvgIpc) is 3.13. The number of benzene rings is 2. The van der Waals surface area contributed by atoms with Crippen molar-refractivity contribution in [1.82, 2.24) is 10.6 Å². The van der Waals surface area contributed by atoms with Gasteiger partial charge in [0.2, 0.25) is 0 Å². The number of aliphatic imine (C=N–C) groups is 1. The van der Waals surface area contributed by atoms with E-state index in [1.807, 2.05) is 40.0 Å². The predicted molar refractivity (Wildman–Crippen MR) is 204 cm³/mol. The lowest BCUT2D eigenvalue weighted by molar-refractivity contribution is -0.692. The molecule has 2 aromatic carbocycles. The summed E-state index contributed by atoms with van der Waals surface area (Å²) < 4.78 is 2.25. The van der Waals surface area contributed by atoms with Crippen molar-refractivity contribution in [3.8, 4) is 0 Å². The number of nitrogens with one attached hydrogen (secondary N) is 2. The first-order valence-corrected chi connectivity index (χ1v) is 18.8. The Balaban J connectivity index is 0.944. The topological polar surface area (TPSA) is 46.8 Å². The molecule has 1 aromatic heterocycles. The number of pyridine rings is 1. The molecule has 6 nitrogen and oxygen atoms in total. The molecule has 2 aliphatic heterocycles. The summed E-state index contributed by atoms with van der Waals surface area (Å²) in [5, 5.41) is 6.82. The molecule has 0 aliphatic carbocycles. The largest absolute Gasteiger partial charge is 0.369 e. The second-order valence-electron chi connectivity index (χ2n) is 11.3. The summed E-state index contributed by atoms with van der Waals surface area (Å²) in [4.78, 5) is 9.43. The minimum Gasteiger partial charge on any atom is -0.369 e. The van der Waals surface area contributed by atoms with Crippen molar-refractivity contribution >= 4 is 57.4 Å². The molecule has 0 radical (unpaired) electrons. The van der Waals surface area contributed by atoms with Crippen LogP contribution in [0.3, 0.4) is 0 Å². The molecule has 2 saturated heterocycles. The fourth-order valence-corrected chi connectivity index (χ4v) is 7.16. The second-order valence-corrected chi connectivity index (χ2v) is 14.0. The normalized spacial score (nSPS) is 16.2. The molecule has 0 bridgehead atoms. The van der Waals surface area contributed by atoms with E-state index in [0.29, 0.717) is 0 Å². The molecule has 3 heterocycles. The van der Waals surface area contributed by atoms with Crippen LogP contribution in [-0.2, 0) is 6.54 Å². The van der Waals surface area contributed by atoms with Gasteiger partial charge in [0.1, 0.15) is 0 Å². The summed E-state index contributed by atoms with van der Waals surface area (Å²) in [7, 11) is 3.79. The van der Waals surface area contributed by atoms with E-state index in [1.165, 1.54) is 28.1 Å². The quantitative estimate of drug-likeness (QED) is 0.0667. The van der Waals surface area contributed by atoms with Gasteiger partial charge in [0.05, 0.1) is 5.75 Å². The zero-order valence-electron chi connectivity index (χ0n) is 26.8. The summed E-state index contributed by atoms with van der Waals surface area (Å²) >= 11 is 0. The van der Waals surface area contributed by atoms with Crippen LogP contribution in [0.2, 0.25) is 0 Å². The van der Waals surface area contributed by atoms with Gasteiger partial charge in [-0.2, -0.15) is 0 Å². The monoisotopic (exact) mass is 651 g/mol. The van der Waals surface area contributed by atoms with Gasteiger partial charge in [0.15, 0.2) is 18.9 Å². The summed E-state index contributed by atoms with van der Waals surface area (Å²) in [5.41, 5.74) is 7.28. The summed E-state index contributed by atoms with van der Waals surface area (Å²) in [6.07, 6.45) is 18.7. The Morgan fingerprint density at radius 2 is 1.24 bits per heavy atom. The number of aromatic nitrogens is 1. The Morgan fingerprint density at radius 3 is 1.80 bits per heavy atom. The lowest BCUT2D eigenvalue weighted by Gasteiger charge is -2.29. The summed E-state index contributed by atoms with van der Waals surface area (Å²) in [5.74, 6) is 2.06. The van der Waals surface area contributed by atoms with Gasteiger partial charge in [-0.1, -0.05) is 82.8 Å². The Bertz CT molecular complexity index is 1450. The highest BCUT2D eigenvalue weighted by Crippen LogP contribution is 2.21. The van der Waals surface area contributed by atoms with Crippen LogP contribution in [0.15, 0.2) is 108 Å². The van der Waals surface area contributed by atoms with Crippen LogP contribution in [0, 0.1) is 0 Å². The number of piperazine rings is 2. The van der Waals surface area contributed by atoms with Crippen LogP contribution in [0.25, 0.3) is 18.2 Å². The van der Waals surface area contributed by atoms with Crippen molar-refractivity contribution in [2.24, 2.45) is 4.99 Å². The van der Waals surface area contributed by atoms with Crippen molar-refractivity contribution in [2.45, 2.75) is 6.54 Å². The minimum atomic E-state index is 0.808. The number of hydrogen-bond donors (Lipinski definition) is 2. The van der Waals surface area contributed by atoms with Crippen LogP contribution in [-0.4, -0.2) is 76.6 Å². The highest BCUT2D eigenvalue weighted by atomic mass is 33.1. The van der Waals surface area contributed by atoms with Crippen LogP contribution in [0.4, 0.5) is 11.4 Å². The molecule has 240 valence electrons. The Labute approximate surface area is 283 Å². The van der Waals surface area contributed by atoms with E-state index in [4.69, 9.17) is 0 Å². The van der Waals surface area contributed by atoms with E-state index >= 15 is 0 Å². The number of aryl methyl sites for hydroxylation is 1. The summed E-state index contributed by atoms with van der Waals surface area (Å²) in [6.45, 7) is 14.3. The van der Waals surface area contributed by atoms with Gasteiger partial charge < -0.3 is 20.4 Å². The molecule has 0 atom stereocenters. The van der Waals surface area contributed by atoms with Crippen molar-refractivity contribution in [1.29, 1.82) is 0 Å². The molecular weight excluding hydrogens is 605 g/mol. The third kappa shape index (κ3) is 11.4. The van der Waals surface area contributed by atoms with E-state index < -0.39 is 0 Å². The van der Waals surface area contributed by atoms with Gasteiger partial charge in [0.25, 0.3) is 0 Å². The average molecular weight is 652 g/mol. The zero-order chi connectivity index (χ0) is 31.7. The van der Waals surface area contributed by atoms with Crippen LogP contribution >= 0.6 is 21.6 Å². The highest BCUT2D eigenvalue weighted by molar-refractivity contribution is 8.76. The Morgan fingerprint density at radius 1 is 0.717 bits per heavy atom. The second kappa shape index (κ2) is 19.2. The molecule has 8 heteroatoms. The number of anilines is 2. The molecule has 3 aromatic rings. The van der Waals surface area contributed by atoms with E-state index in [9.17, 15) is 0 Å². The molecule has 5 rings (SSSR count). The molecule has 0 unspecified atom stereocenters. The molecule has 0 amide bonds. The third-order valence-electron chi connectivity index (χ3n) is 8.03. The Kier molecular flexibility index (Phi) is 14.1. The molecular formula is C38H47N6S2+. The van der Waals surface area contributed by atoms with Gasteiger partial charge in [-0.05, 0) is 52.6 Å². The molecule has 2 N–H and O–H groups in total. The number of hydrogen-bond acceptors (Lipinski definition) is 7. The maximum absolute atomic E-state index is 4.56. The molecule has 0 saturated carbocycles. The van der Waals surface area contributed by atoms with E-state index in [1.54, 1.807) is 0 Å². The fourth-order valence-electron chi connectivity index (χ4n) is 5.31. The smallest absolute Gasteiger partial charge is 0.169 e. The van der Waals surface area contributed by atoms with Crippen molar-refractivity contribution in [3.05, 3.63) is 120 Å². The van der Waals surface area contributed by atoms with Crippen LogP contribution in [0.1, 0.15) is 16.7 Å². The van der Waals surface area contributed by atoms with Crippen molar-refractivity contribution in [2.75, 3.05) is 80.2 Å². The van der Waals surface area contributed by atoms with Gasteiger partial charge >= 0.3 is 0 Å². The first-order valence-electron chi connectivity index (χ1n) is 16.3. The van der Waals surface area contributed by atoms with Crippen LogP contribution in [0.5, 0.6) is 0 Å². The van der Waals surface area contributed by atoms with E-state index in [0.717, 1.165) is 82.5 Å². The first-order chi connectivity index (χ1) is 22.8. The maximum atomic E-state index is 4.56. The standard InChI is InChI=1S/C38H47N6S2/c1-2-33(3-4-34-7-11-37(12-8-34)43-26-19-40-20-27-43)15-18-39-23-31-45-46-32-30-42-24-16-36(17-25-42)6-5-35-9-13-38(14-10-35)44-28-21-41-22-29-44/h2-18,24-25,40-41H,1,19-23,26-32H2/q+1/b4-3+,33-15+,39-18+. The molecule has 2 fully saturated rings. The maximum Gasteiger partial charge on any atom is 0.169 e. The van der Waals surface area contributed by atoms with E-state index in [-0.39, 0.29) is 0 Å². The SMILES string of the molecule is C=CC(/C=C/c1ccc(N2CCNCC2)cc1)=C\C=N\CCSSCC[n+]1ccc(/C=C/c2ccc(N3CCNCC3)cc2)cc1. The van der Waals surface area contributed by atoms with Crippen molar-refractivity contribution in [3.63, 3.8) is 0 Å². The zero-order valence-corrected chi connectivity index (χ0v) is 28.4. The molecule has 2 aliphatic rings. The summed E-state index contributed by atoms with van der Waals surface area (Å²) in [6, 6.07) is 22.0. The van der Waals surface area contributed by atoms with E-state index in [2.05, 4.69) is 134 Å². The first kappa shape index (κ1) is 33.8. The number of nitrogens with zero attached hydrogens (tertiary/aromatic N) is 4. The number of allylic oxidation sites excluding steroid dienone is 4. The lowest BCUT2D eigenvalue weighted by Crippen LogP contribution is -2.43. The Hall–Kier alpha value is -3.56. The highest BCUT2D eigenvalue weighted by Gasteiger charge is 2.10. The predicted octanol–water partition coefficient (Wildman–Crippen LogP) is 6.24. The van der Waals surface area contributed by atoms with Gasteiger partial charge in [0, 0.05) is 94.4 Å². The minimum absolute atomic E-state index is 0.808. The molecule has 46 heavy (non-hydrogen) atoms. The van der Waals surface area contributed by atoms with Crippen molar-refractivity contribution < 1.29 is 4.57 Å².